The first-order valence-electron chi connectivity index (χ1n) is 4.92. The van der Waals surface area contributed by atoms with Crippen molar-refractivity contribution in [3.8, 4) is 0 Å². The van der Waals surface area contributed by atoms with Crippen molar-refractivity contribution < 1.29 is 8.95 Å². The van der Waals surface area contributed by atoms with E-state index in [2.05, 4.69) is 9.35 Å². The Morgan fingerprint density at radius 2 is 2.13 bits per heavy atom. The molecule has 1 aromatic rings. The molecule has 1 aromatic heterocycles. The van der Waals surface area contributed by atoms with E-state index in [1.165, 1.54) is 0 Å². The van der Waals surface area contributed by atoms with Crippen LogP contribution in [0.2, 0.25) is 0 Å². The molecule has 1 aliphatic heterocycles. The number of pyridine rings is 1. The molecule has 0 saturated carbocycles. The molecule has 82 valence electrons. The van der Waals surface area contributed by atoms with Crippen LogP contribution in [0, 0.1) is 6.92 Å². The third-order valence-corrected chi connectivity index (χ3v) is 4.36. The number of rotatable bonds is 1. The molecule has 0 bridgehead atoms. The first kappa shape index (κ1) is 10.6. The summed E-state index contributed by atoms with van der Waals surface area (Å²) in [5.74, 6) is 1.60. The Labute approximate surface area is 89.9 Å². The van der Waals surface area contributed by atoms with Gasteiger partial charge in [0.1, 0.15) is 0 Å². The Kier molecular flexibility index (Phi) is 3.02. The average Bonchev–Trinajstić information content (AvgIpc) is 2.18. The van der Waals surface area contributed by atoms with E-state index >= 15 is 0 Å². The van der Waals surface area contributed by atoms with Gasteiger partial charge in [0.15, 0.2) is 5.82 Å². The van der Waals surface area contributed by atoms with Gasteiger partial charge in [-0.05, 0) is 19.1 Å². The number of hydrogen-bond donors (Lipinski definition) is 0. The minimum atomic E-state index is -2.12. The zero-order chi connectivity index (χ0) is 10.7. The van der Waals surface area contributed by atoms with Gasteiger partial charge in [-0.3, -0.25) is 0 Å². The van der Waals surface area contributed by atoms with Gasteiger partial charge in [-0.2, -0.15) is 4.36 Å². The predicted molar refractivity (Wildman–Crippen MR) is 59.8 cm³/mol. The van der Waals surface area contributed by atoms with Gasteiger partial charge in [-0.1, -0.05) is 6.07 Å². The van der Waals surface area contributed by atoms with Crippen LogP contribution in [0.1, 0.15) is 5.69 Å². The number of nitrogens with zero attached hydrogens (tertiary/aromatic N) is 2. The van der Waals surface area contributed by atoms with Crippen LogP contribution in [0.15, 0.2) is 22.6 Å². The summed E-state index contributed by atoms with van der Waals surface area (Å²) >= 11 is 0. The Morgan fingerprint density at radius 3 is 2.80 bits per heavy atom. The van der Waals surface area contributed by atoms with Gasteiger partial charge in [0.05, 0.1) is 34.4 Å². The topological polar surface area (TPSA) is 51.5 Å². The Balaban J connectivity index is 2.32. The van der Waals surface area contributed by atoms with Crippen LogP contribution in [-0.4, -0.2) is 33.9 Å². The van der Waals surface area contributed by atoms with E-state index in [9.17, 15) is 4.21 Å². The molecule has 0 unspecified atom stereocenters. The van der Waals surface area contributed by atoms with Gasteiger partial charge in [-0.25, -0.2) is 9.19 Å². The Morgan fingerprint density at radius 1 is 1.40 bits per heavy atom. The van der Waals surface area contributed by atoms with Crippen LogP contribution in [0.4, 0.5) is 5.82 Å². The SMILES string of the molecule is Cc1cccc(N=S2(=O)CCOCC2)n1. The van der Waals surface area contributed by atoms with Gasteiger partial charge >= 0.3 is 0 Å². The van der Waals surface area contributed by atoms with Crippen molar-refractivity contribution in [2.45, 2.75) is 6.92 Å². The summed E-state index contributed by atoms with van der Waals surface area (Å²) in [7, 11) is -2.12. The minimum absolute atomic E-state index is 0.516. The van der Waals surface area contributed by atoms with Crippen LogP contribution in [0.5, 0.6) is 0 Å². The summed E-state index contributed by atoms with van der Waals surface area (Å²) < 4.78 is 21.6. The maximum atomic E-state index is 12.2. The van der Waals surface area contributed by atoms with Crippen LogP contribution < -0.4 is 0 Å². The molecule has 2 heterocycles. The second-order valence-corrected chi connectivity index (χ2v) is 6.07. The number of ether oxygens (including phenoxy) is 1. The third kappa shape index (κ3) is 2.76. The highest BCUT2D eigenvalue weighted by Crippen LogP contribution is 2.14. The lowest BCUT2D eigenvalue weighted by molar-refractivity contribution is 0.158. The molecule has 0 radical (unpaired) electrons. The van der Waals surface area contributed by atoms with E-state index in [4.69, 9.17) is 4.74 Å². The van der Waals surface area contributed by atoms with Crippen molar-refractivity contribution in [3.63, 3.8) is 0 Å². The first-order chi connectivity index (χ1) is 7.18. The molecule has 0 atom stereocenters. The lowest BCUT2D eigenvalue weighted by Gasteiger charge is -2.15. The fourth-order valence-electron chi connectivity index (χ4n) is 1.42. The maximum absolute atomic E-state index is 12.2. The average molecular weight is 226 g/mol. The second-order valence-electron chi connectivity index (χ2n) is 3.52. The molecular weight excluding hydrogens is 212 g/mol. The molecule has 1 fully saturated rings. The lowest BCUT2D eigenvalue weighted by Crippen LogP contribution is -2.25. The van der Waals surface area contributed by atoms with E-state index in [-0.39, 0.29) is 0 Å². The molecule has 1 saturated heterocycles. The summed E-state index contributed by atoms with van der Waals surface area (Å²) in [6, 6.07) is 5.56. The summed E-state index contributed by atoms with van der Waals surface area (Å²) in [4.78, 5) is 4.23. The largest absolute Gasteiger partial charge is 0.379 e. The summed E-state index contributed by atoms with van der Waals surface area (Å²) in [5, 5.41) is 0. The van der Waals surface area contributed by atoms with Crippen molar-refractivity contribution in [3.05, 3.63) is 23.9 Å². The quantitative estimate of drug-likeness (QED) is 0.729. The highest BCUT2D eigenvalue weighted by atomic mass is 32.2. The van der Waals surface area contributed by atoms with Crippen molar-refractivity contribution in [2.24, 2.45) is 4.36 Å². The van der Waals surface area contributed by atoms with E-state index in [0.29, 0.717) is 30.5 Å². The fourth-order valence-corrected chi connectivity index (χ4v) is 3.01. The van der Waals surface area contributed by atoms with Gasteiger partial charge in [0, 0.05) is 5.69 Å². The van der Waals surface area contributed by atoms with Crippen LogP contribution in [-0.2, 0) is 14.5 Å². The van der Waals surface area contributed by atoms with E-state index in [0.717, 1.165) is 5.69 Å². The van der Waals surface area contributed by atoms with E-state index in [1.807, 2.05) is 19.1 Å². The van der Waals surface area contributed by atoms with Crippen LogP contribution >= 0.6 is 0 Å². The van der Waals surface area contributed by atoms with Crippen LogP contribution in [0.3, 0.4) is 0 Å². The zero-order valence-corrected chi connectivity index (χ0v) is 9.50. The summed E-state index contributed by atoms with van der Waals surface area (Å²) in [6.07, 6.45) is 0. The Hall–Kier alpha value is -0.940. The smallest absolute Gasteiger partial charge is 0.161 e. The standard InChI is InChI=1S/C10H14N2O2S/c1-9-3-2-4-10(11-9)12-15(13)7-5-14-6-8-15/h2-4H,5-8H2,1H3. The van der Waals surface area contributed by atoms with Gasteiger partial charge in [0.25, 0.3) is 0 Å². The molecule has 0 amide bonds. The minimum Gasteiger partial charge on any atom is -0.379 e. The summed E-state index contributed by atoms with van der Waals surface area (Å²) in [5.41, 5.74) is 0.895. The molecule has 0 N–H and O–H groups in total. The molecule has 15 heavy (non-hydrogen) atoms. The molecule has 4 nitrogen and oxygen atoms in total. The third-order valence-electron chi connectivity index (χ3n) is 2.23. The molecule has 2 rings (SSSR count). The molecule has 0 aromatic carbocycles. The van der Waals surface area contributed by atoms with Gasteiger partial charge in [-0.15, -0.1) is 0 Å². The highest BCUT2D eigenvalue weighted by molar-refractivity contribution is 7.93. The zero-order valence-electron chi connectivity index (χ0n) is 8.68. The van der Waals surface area contributed by atoms with E-state index < -0.39 is 9.73 Å². The van der Waals surface area contributed by atoms with Crippen molar-refractivity contribution >= 4 is 15.5 Å². The predicted octanol–water partition coefficient (Wildman–Crippen LogP) is 1.52. The number of aromatic nitrogens is 1. The van der Waals surface area contributed by atoms with E-state index in [1.54, 1.807) is 6.07 Å². The van der Waals surface area contributed by atoms with Crippen molar-refractivity contribution in [1.82, 2.24) is 4.98 Å². The van der Waals surface area contributed by atoms with Crippen LogP contribution in [0.25, 0.3) is 0 Å². The molecule has 0 spiro atoms. The Bertz CT molecular complexity index is 452. The van der Waals surface area contributed by atoms with Gasteiger partial charge in [0.2, 0.25) is 0 Å². The first-order valence-corrected chi connectivity index (χ1v) is 6.77. The molecular formula is C10H14N2O2S. The number of aryl methyl sites for hydroxylation is 1. The van der Waals surface area contributed by atoms with Crippen molar-refractivity contribution in [1.29, 1.82) is 0 Å². The molecule has 0 aliphatic carbocycles. The summed E-state index contributed by atoms with van der Waals surface area (Å²) in [6.45, 7) is 2.97. The van der Waals surface area contributed by atoms with Crippen molar-refractivity contribution in [2.75, 3.05) is 24.7 Å². The normalized spacial score (nSPS) is 19.8. The monoisotopic (exact) mass is 226 g/mol. The van der Waals surface area contributed by atoms with Gasteiger partial charge < -0.3 is 4.74 Å². The molecule has 5 heteroatoms. The number of hydrogen-bond acceptors (Lipinski definition) is 4. The fraction of sp³-hybridized carbons (Fsp3) is 0.500. The highest BCUT2D eigenvalue weighted by Gasteiger charge is 2.14. The lowest BCUT2D eigenvalue weighted by atomic mass is 10.4. The maximum Gasteiger partial charge on any atom is 0.161 e. The second kappa shape index (κ2) is 4.28. The molecule has 1 aliphatic rings.